The molecule has 0 bridgehead atoms. The van der Waals surface area contributed by atoms with E-state index in [2.05, 4.69) is 21.8 Å². The average Bonchev–Trinajstić information content (AvgIpc) is 3.05. The molecule has 3 N–H and O–H groups in total. The van der Waals surface area contributed by atoms with Crippen molar-refractivity contribution in [2.45, 2.75) is 32.9 Å². The van der Waals surface area contributed by atoms with Gasteiger partial charge in [0.1, 0.15) is 10.8 Å². The van der Waals surface area contributed by atoms with E-state index in [1.165, 1.54) is 4.90 Å². The Bertz CT molecular complexity index is 1120. The monoisotopic (exact) mass is 406 g/mol. The van der Waals surface area contributed by atoms with E-state index in [4.69, 9.17) is 5.73 Å². The molecule has 3 rings (SSSR count). The van der Waals surface area contributed by atoms with Gasteiger partial charge in [0, 0.05) is 23.8 Å². The van der Waals surface area contributed by atoms with Crippen LogP contribution < -0.4 is 5.73 Å². The van der Waals surface area contributed by atoms with Gasteiger partial charge in [-0.3, -0.25) is 4.90 Å². The minimum Gasteiger partial charge on any atom is -0.465 e. The first kappa shape index (κ1) is 20.4. The van der Waals surface area contributed by atoms with Crippen molar-refractivity contribution in [1.82, 2.24) is 14.9 Å². The van der Waals surface area contributed by atoms with Crippen LogP contribution in [0.4, 0.5) is 10.6 Å². The predicted molar refractivity (Wildman–Crippen MR) is 118 cm³/mol. The molecule has 0 aliphatic carbocycles. The number of aromatic nitrogens is 2. The Morgan fingerprint density at radius 3 is 2.76 bits per heavy atom. The van der Waals surface area contributed by atoms with Crippen LogP contribution >= 0.6 is 11.3 Å². The summed E-state index contributed by atoms with van der Waals surface area (Å²) in [6.07, 6.45) is 4.31. The Labute approximate surface area is 173 Å². The van der Waals surface area contributed by atoms with E-state index in [1.54, 1.807) is 29.7 Å². The Kier molecular flexibility index (Phi) is 5.85. The van der Waals surface area contributed by atoms with Crippen LogP contribution in [0.3, 0.4) is 0 Å². The number of amides is 1. The highest BCUT2D eigenvalue weighted by atomic mass is 32.1. The van der Waals surface area contributed by atoms with Gasteiger partial charge in [-0.15, -0.1) is 11.3 Å². The highest BCUT2D eigenvalue weighted by molar-refractivity contribution is 7.19. The number of allylic oxidation sites excluding steroid dienone is 1. The Hall–Kier alpha value is -3.37. The van der Waals surface area contributed by atoms with Crippen molar-refractivity contribution in [2.24, 2.45) is 0 Å². The second-order valence-corrected chi connectivity index (χ2v) is 8.53. The van der Waals surface area contributed by atoms with Crippen LogP contribution in [0.15, 0.2) is 42.6 Å². The van der Waals surface area contributed by atoms with Crippen molar-refractivity contribution in [2.75, 3.05) is 5.73 Å². The summed E-state index contributed by atoms with van der Waals surface area (Å²) < 4.78 is 1.01. The summed E-state index contributed by atoms with van der Waals surface area (Å²) in [5.41, 5.74) is 7.69. The van der Waals surface area contributed by atoms with E-state index in [1.807, 2.05) is 51.1 Å². The van der Waals surface area contributed by atoms with E-state index in [0.29, 0.717) is 12.4 Å². The molecule has 1 amide bonds. The van der Waals surface area contributed by atoms with Crippen molar-refractivity contribution in [3.63, 3.8) is 0 Å². The lowest BCUT2D eigenvalue weighted by Gasteiger charge is -2.33. The zero-order chi connectivity index (χ0) is 21.0. The molecule has 0 radical (unpaired) electrons. The van der Waals surface area contributed by atoms with Crippen LogP contribution in [-0.4, -0.2) is 31.6 Å². The second-order valence-electron chi connectivity index (χ2n) is 7.47. The number of benzene rings is 1. The molecule has 0 aliphatic heterocycles. The lowest BCUT2D eigenvalue weighted by atomic mass is 10.1. The van der Waals surface area contributed by atoms with Gasteiger partial charge in [0.25, 0.3) is 0 Å². The highest BCUT2D eigenvalue weighted by Gasteiger charge is 2.26. The minimum absolute atomic E-state index is 0.332. The van der Waals surface area contributed by atoms with Gasteiger partial charge >= 0.3 is 6.09 Å². The average molecular weight is 407 g/mol. The minimum atomic E-state index is -0.930. The van der Waals surface area contributed by atoms with Crippen LogP contribution in [0.25, 0.3) is 16.3 Å². The molecule has 0 spiro atoms. The Morgan fingerprint density at radius 1 is 1.31 bits per heavy atom. The van der Waals surface area contributed by atoms with Crippen molar-refractivity contribution in [1.29, 1.82) is 0 Å². The molecule has 2 heterocycles. The van der Waals surface area contributed by atoms with E-state index in [9.17, 15) is 9.90 Å². The molecule has 148 valence electrons. The Balaban J connectivity index is 1.75. The Morgan fingerprint density at radius 2 is 2.10 bits per heavy atom. The van der Waals surface area contributed by atoms with Crippen LogP contribution in [0, 0.1) is 11.8 Å². The molecule has 1 aromatic carbocycles. The number of carboxylic acid groups (broad SMARTS) is 1. The molecule has 6 nitrogen and oxygen atoms in total. The van der Waals surface area contributed by atoms with Gasteiger partial charge < -0.3 is 10.8 Å². The first-order valence-corrected chi connectivity index (χ1v) is 9.84. The summed E-state index contributed by atoms with van der Waals surface area (Å²) in [5, 5.41) is 10.3. The number of hydrogen-bond donors (Lipinski definition) is 2. The summed E-state index contributed by atoms with van der Waals surface area (Å²) >= 11 is 1.54. The normalized spacial score (nSPS) is 11.4. The zero-order valence-corrected chi connectivity index (χ0v) is 17.3. The fourth-order valence-electron chi connectivity index (χ4n) is 2.65. The molecule has 0 saturated heterocycles. The molecule has 3 aromatic rings. The van der Waals surface area contributed by atoms with E-state index >= 15 is 0 Å². The van der Waals surface area contributed by atoms with Crippen LogP contribution in [0.1, 0.15) is 36.9 Å². The van der Waals surface area contributed by atoms with Gasteiger partial charge in [-0.2, -0.15) is 0 Å². The third-order valence-corrected chi connectivity index (χ3v) is 5.15. The number of nitrogens with two attached hydrogens (primary N) is 1. The van der Waals surface area contributed by atoms with Gasteiger partial charge in [-0.05, 0) is 62.8 Å². The standard InChI is InChI=1S/C22H22N4O2S/c1-22(2,3)26(21(27)28)14-16-8-10-17-18(12-16)29-20(25-17)7-5-4-6-15-9-11-19(23)24-13-15/h5,7-13H,14H2,1-3H3,(H2,23,24)(H,27,28). The quantitative estimate of drug-likeness (QED) is 0.619. The zero-order valence-electron chi connectivity index (χ0n) is 16.5. The molecule has 0 saturated carbocycles. The lowest BCUT2D eigenvalue weighted by Crippen LogP contribution is -2.44. The van der Waals surface area contributed by atoms with Gasteiger partial charge in [0.15, 0.2) is 0 Å². The molecule has 7 heteroatoms. The van der Waals surface area contributed by atoms with Crippen LogP contribution in [0.2, 0.25) is 0 Å². The smallest absolute Gasteiger partial charge is 0.408 e. The highest BCUT2D eigenvalue weighted by Crippen LogP contribution is 2.26. The van der Waals surface area contributed by atoms with E-state index < -0.39 is 11.6 Å². The molecule has 2 aromatic heterocycles. The second kappa shape index (κ2) is 8.33. The maximum absolute atomic E-state index is 11.6. The summed E-state index contributed by atoms with van der Waals surface area (Å²) in [4.78, 5) is 21.6. The summed E-state index contributed by atoms with van der Waals surface area (Å²) in [5.74, 6) is 6.42. The molecule has 0 fully saturated rings. The van der Waals surface area contributed by atoms with Crippen molar-refractivity contribution in [3.8, 4) is 11.8 Å². The third kappa shape index (κ3) is 5.33. The van der Waals surface area contributed by atoms with Crippen molar-refractivity contribution >= 4 is 39.5 Å². The molecular formula is C22H22N4O2S. The summed E-state index contributed by atoms with van der Waals surface area (Å²) in [6, 6.07) is 9.38. The van der Waals surface area contributed by atoms with Crippen LogP contribution in [0.5, 0.6) is 0 Å². The first-order valence-electron chi connectivity index (χ1n) is 9.02. The van der Waals surface area contributed by atoms with Gasteiger partial charge in [-0.25, -0.2) is 14.8 Å². The summed E-state index contributed by atoms with van der Waals surface area (Å²) in [6.45, 7) is 5.99. The molecule has 29 heavy (non-hydrogen) atoms. The number of rotatable bonds is 3. The van der Waals surface area contributed by atoms with Gasteiger partial charge in [0.05, 0.1) is 10.2 Å². The van der Waals surface area contributed by atoms with Crippen LogP contribution in [-0.2, 0) is 6.54 Å². The number of anilines is 1. The molecule has 0 atom stereocenters. The number of hydrogen-bond acceptors (Lipinski definition) is 5. The topological polar surface area (TPSA) is 92.3 Å². The maximum Gasteiger partial charge on any atom is 0.408 e. The van der Waals surface area contributed by atoms with Crippen molar-refractivity contribution < 1.29 is 9.90 Å². The van der Waals surface area contributed by atoms with Crippen molar-refractivity contribution in [3.05, 3.63) is 58.7 Å². The fraction of sp³-hybridized carbons (Fsp3) is 0.227. The lowest BCUT2D eigenvalue weighted by molar-refractivity contribution is 0.0956. The summed E-state index contributed by atoms with van der Waals surface area (Å²) in [7, 11) is 0. The molecule has 0 unspecified atom stereocenters. The number of fused-ring (bicyclic) bond motifs is 1. The first-order chi connectivity index (χ1) is 13.7. The van der Waals surface area contributed by atoms with Gasteiger partial charge in [0.2, 0.25) is 0 Å². The fourth-order valence-corrected chi connectivity index (χ4v) is 3.58. The number of thiazole rings is 1. The number of pyridine rings is 1. The SMILES string of the molecule is CC(C)(C)N(Cc1ccc2nc(C=CC#Cc3ccc(N)nc3)sc2c1)C(=O)O. The molecule has 0 aliphatic rings. The van der Waals surface area contributed by atoms with E-state index in [-0.39, 0.29) is 0 Å². The molecular weight excluding hydrogens is 384 g/mol. The maximum atomic E-state index is 11.6. The number of nitrogen functional groups attached to an aromatic ring is 1. The third-order valence-electron chi connectivity index (χ3n) is 4.16. The van der Waals surface area contributed by atoms with Gasteiger partial charge in [-0.1, -0.05) is 17.9 Å². The number of nitrogens with zero attached hydrogens (tertiary/aromatic N) is 3. The van der Waals surface area contributed by atoms with E-state index in [0.717, 1.165) is 26.4 Å². The largest absolute Gasteiger partial charge is 0.465 e. The number of carbonyl (C=O) groups is 1. The predicted octanol–water partition coefficient (Wildman–Crippen LogP) is 4.62.